The number of piperidine rings is 1. The van der Waals surface area contributed by atoms with Crippen molar-refractivity contribution in [3.05, 3.63) is 89.0 Å². The molecule has 6 heteroatoms. The van der Waals surface area contributed by atoms with Gasteiger partial charge >= 0.3 is 0 Å². The first-order valence-electron chi connectivity index (χ1n) is 12.3. The largest absolute Gasteiger partial charge is 0.497 e. The van der Waals surface area contributed by atoms with Gasteiger partial charge in [-0.05, 0) is 55.3 Å². The van der Waals surface area contributed by atoms with E-state index in [-0.39, 0.29) is 11.8 Å². The summed E-state index contributed by atoms with van der Waals surface area (Å²) in [5, 5.41) is 7.12. The quantitative estimate of drug-likeness (QED) is 0.477. The molecule has 0 amide bonds. The highest BCUT2D eigenvalue weighted by Gasteiger charge is 2.51. The van der Waals surface area contributed by atoms with Gasteiger partial charge in [0.25, 0.3) is 0 Å². The molecule has 0 aliphatic carbocycles. The lowest BCUT2D eigenvalue weighted by Gasteiger charge is -2.44. The second-order valence-corrected chi connectivity index (χ2v) is 9.32. The average Bonchev–Trinajstić information content (AvgIpc) is 3.16. The molecule has 1 fully saturated rings. The summed E-state index contributed by atoms with van der Waals surface area (Å²) in [6, 6.07) is 23.3. The van der Waals surface area contributed by atoms with Crippen molar-refractivity contribution in [3.8, 4) is 11.5 Å². The van der Waals surface area contributed by atoms with Gasteiger partial charge in [-0.15, -0.1) is 0 Å². The standard InChI is InChI=1S/C29H35N3O3/c1-33-24-11-10-22(27(18-24)34-2)20-32-28(35-3)25-12-9-21(19-31-23-7-5-4-6-8-23)17-26(25)29(32)13-15-30-16-14-29/h4-12,17-18,28,30-31H,13-16,19-20H2,1-3H3. The zero-order valence-corrected chi connectivity index (χ0v) is 20.8. The van der Waals surface area contributed by atoms with Crippen molar-refractivity contribution in [1.29, 1.82) is 0 Å². The molecule has 1 saturated heterocycles. The molecule has 1 spiro atoms. The normalized spacial score (nSPS) is 18.9. The van der Waals surface area contributed by atoms with Crippen LogP contribution >= 0.6 is 0 Å². The van der Waals surface area contributed by atoms with E-state index in [2.05, 4.69) is 64.1 Å². The summed E-state index contributed by atoms with van der Waals surface area (Å²) in [7, 11) is 5.22. The van der Waals surface area contributed by atoms with E-state index in [0.717, 1.165) is 61.8 Å². The maximum atomic E-state index is 6.16. The van der Waals surface area contributed by atoms with Crippen molar-refractivity contribution in [3.63, 3.8) is 0 Å². The van der Waals surface area contributed by atoms with Crippen LogP contribution in [0.15, 0.2) is 66.7 Å². The first-order valence-corrected chi connectivity index (χ1v) is 12.3. The molecule has 3 aromatic carbocycles. The summed E-state index contributed by atoms with van der Waals surface area (Å²) in [5.41, 5.74) is 6.12. The predicted octanol–water partition coefficient (Wildman–Crippen LogP) is 5.06. The maximum Gasteiger partial charge on any atom is 0.137 e. The summed E-state index contributed by atoms with van der Waals surface area (Å²) in [5.74, 6) is 1.64. The summed E-state index contributed by atoms with van der Waals surface area (Å²) in [6.45, 7) is 3.49. The number of nitrogens with zero attached hydrogens (tertiary/aromatic N) is 1. The van der Waals surface area contributed by atoms with Crippen molar-refractivity contribution < 1.29 is 14.2 Å². The molecule has 6 nitrogen and oxygen atoms in total. The molecule has 0 radical (unpaired) electrons. The third kappa shape index (κ3) is 4.49. The molecule has 2 N–H and O–H groups in total. The minimum atomic E-state index is -0.106. The molecule has 184 valence electrons. The van der Waals surface area contributed by atoms with E-state index >= 15 is 0 Å². The zero-order chi connectivity index (χ0) is 24.3. The van der Waals surface area contributed by atoms with E-state index < -0.39 is 0 Å². The van der Waals surface area contributed by atoms with Gasteiger partial charge in [-0.25, -0.2) is 0 Å². The molecular weight excluding hydrogens is 438 g/mol. The zero-order valence-electron chi connectivity index (χ0n) is 20.8. The van der Waals surface area contributed by atoms with Crippen molar-refractivity contribution in [1.82, 2.24) is 10.2 Å². The molecule has 2 aliphatic rings. The summed E-state index contributed by atoms with van der Waals surface area (Å²) < 4.78 is 17.3. The lowest BCUT2D eigenvalue weighted by Crippen LogP contribution is -2.49. The Morgan fingerprint density at radius 2 is 1.74 bits per heavy atom. The van der Waals surface area contributed by atoms with E-state index in [4.69, 9.17) is 14.2 Å². The van der Waals surface area contributed by atoms with Gasteiger partial charge < -0.3 is 24.8 Å². The molecule has 3 aromatic rings. The summed E-state index contributed by atoms with van der Waals surface area (Å²) in [4.78, 5) is 2.54. The maximum absolute atomic E-state index is 6.16. The SMILES string of the molecule is COc1ccc(CN2C(OC)c3ccc(CNc4ccccc4)cc3C23CCNCC3)c(OC)c1. The molecule has 1 atom stereocenters. The molecule has 1 unspecified atom stereocenters. The fraction of sp³-hybridized carbons (Fsp3) is 0.379. The number of benzene rings is 3. The Balaban J connectivity index is 1.49. The van der Waals surface area contributed by atoms with E-state index in [0.29, 0.717) is 0 Å². The first-order chi connectivity index (χ1) is 17.2. The lowest BCUT2D eigenvalue weighted by molar-refractivity contribution is -0.0930. The molecule has 35 heavy (non-hydrogen) atoms. The van der Waals surface area contributed by atoms with Gasteiger partial charge in [0.1, 0.15) is 17.7 Å². The van der Waals surface area contributed by atoms with Crippen molar-refractivity contribution >= 4 is 5.69 Å². The second kappa shape index (κ2) is 10.3. The van der Waals surface area contributed by atoms with Gasteiger partial charge in [-0.1, -0.05) is 42.5 Å². The van der Waals surface area contributed by atoms with Crippen LogP contribution in [0.4, 0.5) is 5.69 Å². The van der Waals surface area contributed by atoms with Crippen LogP contribution in [0.1, 0.15) is 41.3 Å². The summed E-state index contributed by atoms with van der Waals surface area (Å²) in [6.07, 6.45) is 1.97. The Morgan fingerprint density at radius 3 is 2.46 bits per heavy atom. The van der Waals surface area contributed by atoms with Crippen molar-refractivity contribution in [2.75, 3.05) is 39.7 Å². The topological polar surface area (TPSA) is 55.0 Å². The number of methoxy groups -OCH3 is 3. The Bertz CT molecular complexity index is 1150. The van der Waals surface area contributed by atoms with Crippen molar-refractivity contribution in [2.24, 2.45) is 0 Å². The van der Waals surface area contributed by atoms with Crippen LogP contribution in [0, 0.1) is 0 Å². The summed E-state index contributed by atoms with van der Waals surface area (Å²) >= 11 is 0. The molecule has 5 rings (SSSR count). The van der Waals surface area contributed by atoms with Crippen LogP contribution in [0.2, 0.25) is 0 Å². The third-order valence-electron chi connectivity index (χ3n) is 7.48. The van der Waals surface area contributed by atoms with E-state index in [1.165, 1.54) is 16.7 Å². The minimum Gasteiger partial charge on any atom is -0.497 e. The van der Waals surface area contributed by atoms with Crippen LogP contribution in [-0.4, -0.2) is 39.3 Å². The van der Waals surface area contributed by atoms with Crippen LogP contribution < -0.4 is 20.1 Å². The predicted molar refractivity (Wildman–Crippen MR) is 139 cm³/mol. The van der Waals surface area contributed by atoms with E-state index in [1.807, 2.05) is 25.3 Å². The number of hydrogen-bond donors (Lipinski definition) is 2. The first kappa shape index (κ1) is 23.7. The molecule has 2 aliphatic heterocycles. The molecule has 0 aromatic heterocycles. The minimum absolute atomic E-state index is 0.0883. The third-order valence-corrected chi connectivity index (χ3v) is 7.48. The Morgan fingerprint density at radius 1 is 0.943 bits per heavy atom. The van der Waals surface area contributed by atoms with Gasteiger partial charge in [-0.3, -0.25) is 4.90 Å². The number of para-hydroxylation sites is 1. The lowest BCUT2D eigenvalue weighted by atomic mass is 9.80. The number of nitrogens with one attached hydrogen (secondary N) is 2. The highest BCUT2D eigenvalue weighted by molar-refractivity contribution is 5.48. The molecule has 0 bridgehead atoms. The Kier molecular flexibility index (Phi) is 6.95. The van der Waals surface area contributed by atoms with Crippen LogP contribution in [-0.2, 0) is 23.4 Å². The fourth-order valence-electron chi connectivity index (χ4n) is 5.69. The van der Waals surface area contributed by atoms with Gasteiger partial charge in [0.15, 0.2) is 0 Å². The highest BCUT2D eigenvalue weighted by Crippen LogP contribution is 2.52. The van der Waals surface area contributed by atoms with E-state index in [1.54, 1.807) is 14.2 Å². The van der Waals surface area contributed by atoms with Gasteiger partial charge in [0.2, 0.25) is 0 Å². The number of ether oxygens (including phenoxy) is 3. The van der Waals surface area contributed by atoms with Crippen LogP contribution in [0.3, 0.4) is 0 Å². The van der Waals surface area contributed by atoms with E-state index in [9.17, 15) is 0 Å². The Labute approximate surface area is 208 Å². The van der Waals surface area contributed by atoms with Gasteiger partial charge in [0.05, 0.1) is 19.8 Å². The number of rotatable bonds is 8. The molecule has 2 heterocycles. The molecule has 0 saturated carbocycles. The highest BCUT2D eigenvalue weighted by atomic mass is 16.5. The van der Waals surface area contributed by atoms with Crippen molar-refractivity contribution in [2.45, 2.75) is 37.7 Å². The number of hydrogen-bond acceptors (Lipinski definition) is 6. The smallest absolute Gasteiger partial charge is 0.137 e. The number of fused-ring (bicyclic) bond motifs is 2. The number of anilines is 1. The second-order valence-electron chi connectivity index (χ2n) is 9.32. The van der Waals surface area contributed by atoms with Gasteiger partial charge in [-0.2, -0.15) is 0 Å². The van der Waals surface area contributed by atoms with Gasteiger partial charge in [0, 0.05) is 43.1 Å². The van der Waals surface area contributed by atoms with Crippen LogP contribution in [0.5, 0.6) is 11.5 Å². The average molecular weight is 474 g/mol. The fourth-order valence-corrected chi connectivity index (χ4v) is 5.69. The van der Waals surface area contributed by atoms with Crippen LogP contribution in [0.25, 0.3) is 0 Å². The Hall–Kier alpha value is -3.06. The monoisotopic (exact) mass is 473 g/mol. The molecular formula is C29H35N3O3.